The van der Waals surface area contributed by atoms with Crippen LogP contribution in [0.4, 0.5) is 8.78 Å². The van der Waals surface area contributed by atoms with Crippen LogP contribution in [0.25, 0.3) is 0 Å². The molecule has 2 aromatic carbocycles. The molecule has 0 aliphatic carbocycles. The highest BCUT2D eigenvalue weighted by Crippen LogP contribution is 2.23. The minimum Gasteiger partial charge on any atom is -0.488 e. The molecule has 2 N–H and O–H groups in total. The predicted octanol–water partition coefficient (Wildman–Crippen LogP) is 2.94. The molecule has 0 bridgehead atoms. The number of halogens is 2. The van der Waals surface area contributed by atoms with Gasteiger partial charge in [-0.3, -0.25) is 9.59 Å². The van der Waals surface area contributed by atoms with Crippen LogP contribution in [0.15, 0.2) is 52.7 Å². The molecule has 1 unspecified atom stereocenters. The van der Waals surface area contributed by atoms with E-state index in [1.807, 2.05) is 0 Å². The Labute approximate surface area is 168 Å². The van der Waals surface area contributed by atoms with Crippen molar-refractivity contribution in [1.29, 1.82) is 0 Å². The normalized spacial score (nSPS) is 17.7. The number of ether oxygens (including phenoxy) is 1. The molecule has 29 heavy (non-hydrogen) atoms. The SMILES string of the molecule is O=C(O)CC1SC(=NN=Cc2ccc(F)cc2OCc2ccccc2F)NC1=O. The second kappa shape index (κ2) is 9.28. The molecule has 1 aliphatic heterocycles. The number of hydrogen-bond acceptors (Lipinski definition) is 6. The van der Waals surface area contributed by atoms with Crippen molar-refractivity contribution < 1.29 is 28.2 Å². The number of nitrogens with zero attached hydrogens (tertiary/aromatic N) is 2. The second-order valence-corrected chi connectivity index (χ2v) is 7.10. The molecule has 0 radical (unpaired) electrons. The van der Waals surface area contributed by atoms with Gasteiger partial charge in [0.25, 0.3) is 0 Å². The summed E-state index contributed by atoms with van der Waals surface area (Å²) < 4.78 is 32.8. The maximum absolute atomic E-state index is 13.7. The number of nitrogens with one attached hydrogen (secondary N) is 1. The van der Waals surface area contributed by atoms with E-state index in [0.717, 1.165) is 17.8 Å². The lowest BCUT2D eigenvalue weighted by Crippen LogP contribution is -2.26. The van der Waals surface area contributed by atoms with E-state index in [9.17, 15) is 18.4 Å². The molecule has 10 heteroatoms. The van der Waals surface area contributed by atoms with Crippen molar-refractivity contribution in [2.45, 2.75) is 18.3 Å². The maximum Gasteiger partial charge on any atom is 0.305 e. The van der Waals surface area contributed by atoms with Crippen LogP contribution in [0, 0.1) is 11.6 Å². The summed E-state index contributed by atoms with van der Waals surface area (Å²) in [5.74, 6) is -2.38. The highest BCUT2D eigenvalue weighted by molar-refractivity contribution is 8.15. The molecular weight excluding hydrogens is 404 g/mol. The highest BCUT2D eigenvalue weighted by atomic mass is 32.2. The summed E-state index contributed by atoms with van der Waals surface area (Å²) in [4.78, 5) is 22.4. The molecule has 0 saturated carbocycles. The molecular formula is C19H15F2N3O4S. The van der Waals surface area contributed by atoms with Gasteiger partial charge in [0, 0.05) is 17.2 Å². The maximum atomic E-state index is 13.7. The van der Waals surface area contributed by atoms with Gasteiger partial charge in [-0.25, -0.2) is 8.78 Å². The van der Waals surface area contributed by atoms with E-state index in [2.05, 4.69) is 15.5 Å². The van der Waals surface area contributed by atoms with E-state index >= 15 is 0 Å². The van der Waals surface area contributed by atoms with E-state index in [0.29, 0.717) is 11.1 Å². The number of amidine groups is 1. The first kappa shape index (κ1) is 20.5. The summed E-state index contributed by atoms with van der Waals surface area (Å²) in [6.07, 6.45) is 0.964. The van der Waals surface area contributed by atoms with Crippen molar-refractivity contribution in [3.05, 3.63) is 65.2 Å². The molecule has 150 valence electrons. The Morgan fingerprint density at radius 1 is 1.28 bits per heavy atom. The van der Waals surface area contributed by atoms with Crippen LogP contribution in [0.5, 0.6) is 5.75 Å². The zero-order valence-corrected chi connectivity index (χ0v) is 15.7. The molecule has 1 atom stereocenters. The Hall–Kier alpha value is -3.27. The van der Waals surface area contributed by atoms with Gasteiger partial charge < -0.3 is 15.2 Å². The quantitative estimate of drug-likeness (QED) is 0.531. The van der Waals surface area contributed by atoms with Crippen molar-refractivity contribution in [2.24, 2.45) is 10.2 Å². The molecule has 0 spiro atoms. The van der Waals surface area contributed by atoms with Gasteiger partial charge in [0.1, 0.15) is 29.2 Å². The molecule has 3 rings (SSSR count). The van der Waals surface area contributed by atoms with Crippen molar-refractivity contribution >= 4 is 35.0 Å². The Balaban J connectivity index is 1.70. The van der Waals surface area contributed by atoms with Gasteiger partial charge in [-0.2, -0.15) is 5.10 Å². The lowest BCUT2D eigenvalue weighted by Gasteiger charge is -2.09. The zero-order chi connectivity index (χ0) is 20.8. The Kier molecular flexibility index (Phi) is 6.55. The van der Waals surface area contributed by atoms with Crippen LogP contribution in [-0.2, 0) is 16.2 Å². The minimum atomic E-state index is -1.09. The average molecular weight is 419 g/mol. The molecule has 2 aromatic rings. The zero-order valence-electron chi connectivity index (χ0n) is 14.8. The number of carboxylic acid groups (broad SMARTS) is 1. The average Bonchev–Trinajstić information content (AvgIpc) is 3.01. The second-order valence-electron chi connectivity index (χ2n) is 5.91. The first-order valence-electron chi connectivity index (χ1n) is 8.38. The number of carbonyl (C=O) groups excluding carboxylic acids is 1. The predicted molar refractivity (Wildman–Crippen MR) is 104 cm³/mol. The van der Waals surface area contributed by atoms with Crippen LogP contribution in [0.1, 0.15) is 17.5 Å². The van der Waals surface area contributed by atoms with Crippen LogP contribution >= 0.6 is 11.8 Å². The number of aliphatic carboxylic acids is 1. The van der Waals surface area contributed by atoms with E-state index in [-0.39, 0.29) is 23.9 Å². The Morgan fingerprint density at radius 3 is 2.83 bits per heavy atom. The van der Waals surface area contributed by atoms with Crippen LogP contribution < -0.4 is 10.1 Å². The third-order valence-electron chi connectivity index (χ3n) is 3.80. The summed E-state index contributed by atoms with van der Waals surface area (Å²) in [6.45, 7) is -0.103. The number of carboxylic acids is 1. The first-order valence-corrected chi connectivity index (χ1v) is 9.26. The van der Waals surface area contributed by atoms with Gasteiger partial charge in [-0.15, -0.1) is 5.10 Å². The Morgan fingerprint density at radius 2 is 2.07 bits per heavy atom. The number of amides is 1. The molecule has 0 aromatic heterocycles. The van der Waals surface area contributed by atoms with Crippen molar-refractivity contribution in [1.82, 2.24) is 5.32 Å². The summed E-state index contributed by atoms with van der Waals surface area (Å²) in [7, 11) is 0. The smallest absolute Gasteiger partial charge is 0.305 e. The fourth-order valence-corrected chi connectivity index (χ4v) is 3.31. The van der Waals surface area contributed by atoms with Gasteiger partial charge in [0.15, 0.2) is 5.17 Å². The van der Waals surface area contributed by atoms with Crippen LogP contribution in [0.2, 0.25) is 0 Å². The van der Waals surface area contributed by atoms with Gasteiger partial charge >= 0.3 is 5.97 Å². The van der Waals surface area contributed by atoms with E-state index in [1.54, 1.807) is 18.2 Å². The summed E-state index contributed by atoms with van der Waals surface area (Å²) in [5, 5.41) is 18.3. The number of carbonyl (C=O) groups is 2. The molecule has 1 fully saturated rings. The van der Waals surface area contributed by atoms with E-state index in [4.69, 9.17) is 9.84 Å². The van der Waals surface area contributed by atoms with Gasteiger partial charge in [-0.05, 0) is 18.2 Å². The fraction of sp³-hybridized carbons (Fsp3) is 0.158. The van der Waals surface area contributed by atoms with Gasteiger partial charge in [0.05, 0.1) is 12.6 Å². The lowest BCUT2D eigenvalue weighted by atomic mass is 10.2. The standard InChI is InChI=1S/C19H15F2N3O4S/c20-13-6-5-11(15(7-13)28-10-12-3-1-2-4-14(12)21)9-22-24-19-23-18(27)16(29-19)8-17(25)26/h1-7,9,16H,8,10H2,(H,25,26)(H,23,24,27). The number of thioether (sulfide) groups is 1. The molecule has 1 heterocycles. The fourth-order valence-electron chi connectivity index (χ4n) is 2.40. The Bertz CT molecular complexity index is 997. The minimum absolute atomic E-state index is 0.103. The van der Waals surface area contributed by atoms with Crippen LogP contribution in [0.3, 0.4) is 0 Å². The molecule has 1 saturated heterocycles. The third kappa shape index (κ3) is 5.61. The first-order chi connectivity index (χ1) is 13.9. The summed E-state index contributed by atoms with van der Waals surface area (Å²) in [5.41, 5.74) is 0.706. The van der Waals surface area contributed by atoms with E-state index < -0.39 is 28.8 Å². The van der Waals surface area contributed by atoms with Crippen molar-refractivity contribution in [3.63, 3.8) is 0 Å². The van der Waals surface area contributed by atoms with Crippen LogP contribution in [-0.4, -0.2) is 33.6 Å². The number of rotatable bonds is 7. The molecule has 1 aliphatic rings. The van der Waals surface area contributed by atoms with Crippen molar-refractivity contribution in [2.75, 3.05) is 0 Å². The molecule has 7 nitrogen and oxygen atoms in total. The van der Waals surface area contributed by atoms with E-state index in [1.165, 1.54) is 24.4 Å². The highest BCUT2D eigenvalue weighted by Gasteiger charge is 2.32. The van der Waals surface area contributed by atoms with Gasteiger partial charge in [0.2, 0.25) is 5.91 Å². The van der Waals surface area contributed by atoms with Crippen molar-refractivity contribution in [3.8, 4) is 5.75 Å². The molecule has 1 amide bonds. The summed E-state index contributed by atoms with van der Waals surface area (Å²) in [6, 6.07) is 9.85. The van der Waals surface area contributed by atoms with Gasteiger partial charge in [-0.1, -0.05) is 30.0 Å². The monoisotopic (exact) mass is 419 g/mol. The summed E-state index contributed by atoms with van der Waals surface area (Å²) >= 11 is 0.960. The topological polar surface area (TPSA) is 100 Å². The number of benzene rings is 2. The third-order valence-corrected chi connectivity index (χ3v) is 4.87. The number of hydrogen-bond donors (Lipinski definition) is 2. The lowest BCUT2D eigenvalue weighted by molar-refractivity contribution is -0.138. The largest absolute Gasteiger partial charge is 0.488 e.